The van der Waals surface area contributed by atoms with Crippen LogP contribution in [0, 0.1) is 5.82 Å². The minimum atomic E-state index is -3.58. The van der Waals surface area contributed by atoms with E-state index in [4.69, 9.17) is 0 Å². The van der Waals surface area contributed by atoms with Gasteiger partial charge < -0.3 is 10.2 Å². The molecular weight excluding hydrogens is 419 g/mol. The van der Waals surface area contributed by atoms with Crippen LogP contribution < -0.4 is 10.2 Å². The van der Waals surface area contributed by atoms with Crippen molar-refractivity contribution in [3.8, 4) is 0 Å². The summed E-state index contributed by atoms with van der Waals surface area (Å²) in [4.78, 5) is 16.9. The van der Waals surface area contributed by atoms with Gasteiger partial charge in [0.25, 0.3) is 0 Å². The number of sulfonamides is 1. The van der Waals surface area contributed by atoms with Gasteiger partial charge >= 0.3 is 0 Å². The molecule has 0 saturated carbocycles. The van der Waals surface area contributed by atoms with Gasteiger partial charge in [-0.25, -0.2) is 12.8 Å². The summed E-state index contributed by atoms with van der Waals surface area (Å²) in [5.74, 6) is -0.444. The second-order valence-corrected chi connectivity index (χ2v) is 9.34. The highest BCUT2D eigenvalue weighted by Crippen LogP contribution is 2.20. The Labute approximate surface area is 183 Å². The summed E-state index contributed by atoms with van der Waals surface area (Å²) >= 11 is 0. The third-order valence-electron chi connectivity index (χ3n) is 5.39. The van der Waals surface area contributed by atoms with Gasteiger partial charge in [0.15, 0.2) is 0 Å². The highest BCUT2D eigenvalue weighted by atomic mass is 32.2. The quantitative estimate of drug-likeness (QED) is 0.672. The van der Waals surface area contributed by atoms with Crippen LogP contribution in [0.25, 0.3) is 0 Å². The van der Waals surface area contributed by atoms with Crippen molar-refractivity contribution in [2.45, 2.75) is 18.7 Å². The molecular formula is C22H29FN4O3S. The lowest BCUT2D eigenvalue weighted by Crippen LogP contribution is -2.48. The van der Waals surface area contributed by atoms with Crippen LogP contribution in [0.15, 0.2) is 53.4 Å². The molecule has 0 atom stereocenters. The van der Waals surface area contributed by atoms with Gasteiger partial charge in [-0.1, -0.05) is 19.9 Å². The Morgan fingerprint density at radius 1 is 1.03 bits per heavy atom. The molecule has 2 aromatic carbocycles. The number of piperazine rings is 1. The molecule has 9 heteroatoms. The second-order valence-electron chi connectivity index (χ2n) is 7.40. The molecule has 2 aromatic rings. The minimum Gasteiger partial charge on any atom is -0.369 e. The first kappa shape index (κ1) is 23.2. The van der Waals surface area contributed by atoms with Crippen LogP contribution in [0.4, 0.5) is 15.8 Å². The van der Waals surface area contributed by atoms with E-state index in [0.717, 1.165) is 18.8 Å². The molecule has 0 aromatic heterocycles. The van der Waals surface area contributed by atoms with E-state index in [0.29, 0.717) is 31.9 Å². The van der Waals surface area contributed by atoms with Crippen LogP contribution in [0.1, 0.15) is 13.8 Å². The first-order valence-electron chi connectivity index (χ1n) is 10.5. The Bertz CT molecular complexity index is 986. The molecule has 7 nitrogen and oxygen atoms in total. The van der Waals surface area contributed by atoms with E-state index in [2.05, 4.69) is 10.2 Å². The summed E-state index contributed by atoms with van der Waals surface area (Å²) in [7, 11) is -3.58. The predicted octanol–water partition coefficient (Wildman–Crippen LogP) is 2.62. The average Bonchev–Trinajstić information content (AvgIpc) is 2.76. The summed E-state index contributed by atoms with van der Waals surface area (Å²) < 4.78 is 39.9. The van der Waals surface area contributed by atoms with E-state index in [1.807, 2.05) is 4.90 Å². The summed E-state index contributed by atoms with van der Waals surface area (Å²) in [6, 6.07) is 12.8. The highest BCUT2D eigenvalue weighted by Gasteiger charge is 2.23. The Morgan fingerprint density at radius 2 is 1.68 bits per heavy atom. The summed E-state index contributed by atoms with van der Waals surface area (Å²) in [6.45, 7) is 7.50. The Balaban J connectivity index is 1.55. The number of halogens is 1. The van der Waals surface area contributed by atoms with Crippen molar-refractivity contribution >= 4 is 27.3 Å². The van der Waals surface area contributed by atoms with Gasteiger partial charge in [0, 0.05) is 50.6 Å². The van der Waals surface area contributed by atoms with Gasteiger partial charge in [-0.2, -0.15) is 4.31 Å². The highest BCUT2D eigenvalue weighted by molar-refractivity contribution is 7.89. The molecule has 1 amide bonds. The van der Waals surface area contributed by atoms with E-state index < -0.39 is 10.0 Å². The number of nitrogens with zero attached hydrogens (tertiary/aromatic N) is 3. The van der Waals surface area contributed by atoms with Gasteiger partial charge in [0.2, 0.25) is 15.9 Å². The molecule has 0 aliphatic carbocycles. The first-order chi connectivity index (χ1) is 14.8. The van der Waals surface area contributed by atoms with Gasteiger partial charge in [-0.3, -0.25) is 9.69 Å². The topological polar surface area (TPSA) is 73.0 Å². The fourth-order valence-corrected chi connectivity index (χ4v) is 5.17. The van der Waals surface area contributed by atoms with Crippen LogP contribution in [0.5, 0.6) is 0 Å². The number of amides is 1. The number of benzene rings is 2. The minimum absolute atomic E-state index is 0.168. The normalized spacial score (nSPS) is 15.3. The lowest BCUT2D eigenvalue weighted by molar-refractivity contribution is -0.117. The number of hydrogen-bond donors (Lipinski definition) is 1. The number of anilines is 2. The standard InChI is InChI=1S/C22H29FN4O3S/c1-3-27(4-2)31(29,30)21-7-5-6-19(16-21)24-22(28)17-25-12-14-26(15-13-25)20-10-8-18(23)9-11-20/h5-11,16H,3-4,12-15,17H2,1-2H3,(H,24,28). The third kappa shape index (κ3) is 5.81. The van der Waals surface area contributed by atoms with Crippen molar-refractivity contribution in [2.24, 2.45) is 0 Å². The van der Waals surface area contributed by atoms with Crippen molar-refractivity contribution < 1.29 is 17.6 Å². The number of hydrogen-bond acceptors (Lipinski definition) is 5. The largest absolute Gasteiger partial charge is 0.369 e. The predicted molar refractivity (Wildman–Crippen MR) is 120 cm³/mol. The number of nitrogens with one attached hydrogen (secondary N) is 1. The maximum Gasteiger partial charge on any atom is 0.243 e. The van der Waals surface area contributed by atoms with Crippen LogP contribution in [0.3, 0.4) is 0 Å². The van der Waals surface area contributed by atoms with Crippen molar-refractivity contribution in [2.75, 3.05) is 56.0 Å². The van der Waals surface area contributed by atoms with E-state index >= 15 is 0 Å². The molecule has 168 valence electrons. The number of carbonyl (C=O) groups is 1. The number of carbonyl (C=O) groups excluding carboxylic acids is 1. The Morgan fingerprint density at radius 3 is 2.29 bits per heavy atom. The fourth-order valence-electron chi connectivity index (χ4n) is 3.67. The maximum atomic E-state index is 13.1. The molecule has 1 aliphatic rings. The zero-order valence-corrected chi connectivity index (χ0v) is 18.7. The van der Waals surface area contributed by atoms with Crippen LogP contribution in [-0.2, 0) is 14.8 Å². The van der Waals surface area contributed by atoms with Crippen LogP contribution in [0.2, 0.25) is 0 Å². The number of rotatable bonds is 8. The monoisotopic (exact) mass is 448 g/mol. The average molecular weight is 449 g/mol. The zero-order chi connectivity index (χ0) is 22.4. The lowest BCUT2D eigenvalue weighted by atomic mass is 10.2. The molecule has 1 aliphatic heterocycles. The molecule has 31 heavy (non-hydrogen) atoms. The first-order valence-corrected chi connectivity index (χ1v) is 11.9. The van der Waals surface area contributed by atoms with Gasteiger partial charge in [0.05, 0.1) is 11.4 Å². The second kappa shape index (κ2) is 10.2. The van der Waals surface area contributed by atoms with E-state index in [1.54, 1.807) is 38.1 Å². The summed E-state index contributed by atoms with van der Waals surface area (Å²) in [6.07, 6.45) is 0. The summed E-state index contributed by atoms with van der Waals surface area (Å²) in [5, 5.41) is 2.81. The lowest BCUT2D eigenvalue weighted by Gasteiger charge is -2.35. The fraction of sp³-hybridized carbons (Fsp3) is 0.409. The molecule has 3 rings (SSSR count). The van der Waals surface area contributed by atoms with Crippen molar-refractivity contribution in [1.82, 2.24) is 9.21 Å². The molecule has 0 bridgehead atoms. The molecule has 0 radical (unpaired) electrons. The van der Waals surface area contributed by atoms with E-state index in [-0.39, 0.29) is 23.2 Å². The van der Waals surface area contributed by atoms with Crippen molar-refractivity contribution in [3.63, 3.8) is 0 Å². The molecule has 1 saturated heterocycles. The van der Waals surface area contributed by atoms with Gasteiger partial charge in [-0.15, -0.1) is 0 Å². The van der Waals surface area contributed by atoms with Crippen LogP contribution >= 0.6 is 0 Å². The Kier molecular flexibility index (Phi) is 7.64. The van der Waals surface area contributed by atoms with Crippen molar-refractivity contribution in [3.05, 3.63) is 54.3 Å². The van der Waals surface area contributed by atoms with Crippen LogP contribution in [-0.4, -0.2) is 69.3 Å². The van der Waals surface area contributed by atoms with Crippen molar-refractivity contribution in [1.29, 1.82) is 0 Å². The smallest absolute Gasteiger partial charge is 0.243 e. The molecule has 1 N–H and O–H groups in total. The SMILES string of the molecule is CCN(CC)S(=O)(=O)c1cccc(NC(=O)CN2CCN(c3ccc(F)cc3)CC2)c1. The van der Waals surface area contributed by atoms with E-state index in [1.165, 1.54) is 28.6 Å². The molecule has 0 spiro atoms. The zero-order valence-electron chi connectivity index (χ0n) is 17.9. The molecule has 0 unspecified atom stereocenters. The molecule has 1 fully saturated rings. The third-order valence-corrected chi connectivity index (χ3v) is 7.44. The van der Waals surface area contributed by atoms with Gasteiger partial charge in [0.1, 0.15) is 5.82 Å². The summed E-state index contributed by atoms with van der Waals surface area (Å²) in [5.41, 5.74) is 1.43. The van der Waals surface area contributed by atoms with Gasteiger partial charge in [-0.05, 0) is 42.5 Å². The maximum absolute atomic E-state index is 13.1. The Hall–Kier alpha value is -2.49. The van der Waals surface area contributed by atoms with E-state index in [9.17, 15) is 17.6 Å². The molecule has 1 heterocycles.